The number of aromatic nitrogens is 4. The number of hydrogen-bond acceptors (Lipinski definition) is 4. The zero-order chi connectivity index (χ0) is 14.7. The molecule has 0 radical (unpaired) electrons. The van der Waals surface area contributed by atoms with E-state index >= 15 is 0 Å². The maximum Gasteiger partial charge on any atom is 0.0864 e. The minimum atomic E-state index is -0.573. The zero-order valence-electron chi connectivity index (χ0n) is 12.6. The van der Waals surface area contributed by atoms with E-state index in [-0.39, 0.29) is 0 Å². The van der Waals surface area contributed by atoms with Crippen LogP contribution in [-0.4, -0.2) is 25.1 Å². The Kier molecular flexibility index (Phi) is 4.49. The van der Waals surface area contributed by atoms with Gasteiger partial charge in [-0.05, 0) is 39.3 Å². The van der Waals surface area contributed by atoms with Crippen molar-refractivity contribution in [3.63, 3.8) is 0 Å². The van der Waals surface area contributed by atoms with E-state index in [0.29, 0.717) is 6.42 Å². The summed E-state index contributed by atoms with van der Waals surface area (Å²) in [6.45, 7) is 8.72. The fourth-order valence-corrected chi connectivity index (χ4v) is 2.34. The number of rotatable bonds is 5. The molecule has 0 aliphatic carbocycles. The molecule has 2 aromatic heterocycles. The average Bonchev–Trinajstić information content (AvgIpc) is 2.83. The normalized spacial score (nSPS) is 12.7. The molecule has 5 heteroatoms. The Morgan fingerprint density at radius 1 is 1.20 bits per heavy atom. The van der Waals surface area contributed by atoms with Crippen LogP contribution in [-0.2, 0) is 19.4 Å². The van der Waals surface area contributed by atoms with E-state index in [1.165, 1.54) is 0 Å². The molecule has 0 fully saturated rings. The summed E-state index contributed by atoms with van der Waals surface area (Å²) in [5.74, 6) is 0. The highest BCUT2D eigenvalue weighted by molar-refractivity contribution is 5.24. The minimum Gasteiger partial charge on any atom is -0.388 e. The molecule has 2 heterocycles. The summed E-state index contributed by atoms with van der Waals surface area (Å²) < 4.78 is 1.96. The van der Waals surface area contributed by atoms with Gasteiger partial charge in [0, 0.05) is 24.2 Å². The van der Waals surface area contributed by atoms with Crippen LogP contribution in [0.5, 0.6) is 0 Å². The van der Waals surface area contributed by atoms with E-state index in [0.717, 1.165) is 41.3 Å². The third kappa shape index (κ3) is 3.04. The van der Waals surface area contributed by atoms with Crippen LogP contribution in [0, 0.1) is 13.8 Å². The summed E-state index contributed by atoms with van der Waals surface area (Å²) in [6.07, 6.45) is 0.883. The second-order valence-electron chi connectivity index (χ2n) is 5.04. The first-order valence-corrected chi connectivity index (χ1v) is 7.09. The van der Waals surface area contributed by atoms with Crippen molar-refractivity contribution >= 4 is 0 Å². The number of nitrogens with zero attached hydrogens (tertiary/aromatic N) is 4. The fourth-order valence-electron chi connectivity index (χ4n) is 2.34. The summed E-state index contributed by atoms with van der Waals surface area (Å²) in [7, 11) is 0. The molecule has 0 bridgehead atoms. The predicted molar refractivity (Wildman–Crippen MR) is 77.4 cm³/mol. The van der Waals surface area contributed by atoms with Gasteiger partial charge in [0.25, 0.3) is 0 Å². The van der Waals surface area contributed by atoms with Gasteiger partial charge in [-0.3, -0.25) is 4.68 Å². The lowest BCUT2D eigenvalue weighted by atomic mass is 10.0. The SMILES string of the molecule is CCc1cc(CC(O)c2cc(C)nnc2C)n(CC)n1. The van der Waals surface area contributed by atoms with E-state index in [2.05, 4.69) is 35.2 Å². The van der Waals surface area contributed by atoms with Crippen molar-refractivity contribution in [1.82, 2.24) is 20.0 Å². The molecule has 108 valence electrons. The Hall–Kier alpha value is -1.75. The monoisotopic (exact) mass is 274 g/mol. The molecule has 0 saturated carbocycles. The molecular weight excluding hydrogens is 252 g/mol. The molecule has 2 rings (SSSR count). The quantitative estimate of drug-likeness (QED) is 0.907. The molecule has 1 unspecified atom stereocenters. The van der Waals surface area contributed by atoms with Gasteiger partial charge in [0.05, 0.1) is 23.2 Å². The van der Waals surface area contributed by atoms with Crippen LogP contribution in [0.2, 0.25) is 0 Å². The third-order valence-corrected chi connectivity index (χ3v) is 3.48. The number of hydrogen-bond donors (Lipinski definition) is 1. The van der Waals surface area contributed by atoms with Crippen LogP contribution >= 0.6 is 0 Å². The maximum atomic E-state index is 10.5. The molecule has 0 amide bonds. The van der Waals surface area contributed by atoms with Gasteiger partial charge in [-0.15, -0.1) is 0 Å². The fraction of sp³-hybridized carbons (Fsp3) is 0.533. The van der Waals surface area contributed by atoms with Crippen molar-refractivity contribution in [2.24, 2.45) is 0 Å². The van der Waals surface area contributed by atoms with Gasteiger partial charge in [0.1, 0.15) is 0 Å². The lowest BCUT2D eigenvalue weighted by molar-refractivity contribution is 0.174. The molecule has 1 atom stereocenters. The molecule has 0 saturated heterocycles. The van der Waals surface area contributed by atoms with Crippen molar-refractivity contribution in [3.8, 4) is 0 Å². The summed E-state index contributed by atoms with van der Waals surface area (Å²) in [5, 5.41) is 23.1. The summed E-state index contributed by atoms with van der Waals surface area (Å²) in [4.78, 5) is 0. The topological polar surface area (TPSA) is 63.8 Å². The van der Waals surface area contributed by atoms with Crippen LogP contribution < -0.4 is 0 Å². The number of aliphatic hydroxyl groups is 1. The lowest BCUT2D eigenvalue weighted by Crippen LogP contribution is -2.11. The summed E-state index contributed by atoms with van der Waals surface area (Å²) >= 11 is 0. The first kappa shape index (κ1) is 14.7. The average molecular weight is 274 g/mol. The van der Waals surface area contributed by atoms with Gasteiger partial charge in [-0.1, -0.05) is 6.92 Å². The lowest BCUT2D eigenvalue weighted by Gasteiger charge is -2.14. The largest absolute Gasteiger partial charge is 0.388 e. The molecule has 20 heavy (non-hydrogen) atoms. The molecule has 5 nitrogen and oxygen atoms in total. The highest BCUT2D eigenvalue weighted by Gasteiger charge is 2.16. The minimum absolute atomic E-state index is 0.548. The van der Waals surface area contributed by atoms with E-state index in [1.54, 1.807) is 0 Å². The standard InChI is InChI=1S/C15H22N4O/c1-5-12-8-13(19(6-2)18-12)9-15(20)14-7-10(3)16-17-11(14)4/h7-8,15,20H,5-6,9H2,1-4H3. The first-order valence-electron chi connectivity index (χ1n) is 7.09. The Morgan fingerprint density at radius 2 is 1.95 bits per heavy atom. The number of aryl methyl sites for hydroxylation is 4. The van der Waals surface area contributed by atoms with E-state index in [4.69, 9.17) is 0 Å². The Balaban J connectivity index is 2.24. The van der Waals surface area contributed by atoms with Crippen molar-refractivity contribution in [2.75, 3.05) is 0 Å². The summed E-state index contributed by atoms with van der Waals surface area (Å²) in [6, 6.07) is 3.98. The maximum absolute atomic E-state index is 10.5. The molecule has 1 N–H and O–H groups in total. The predicted octanol–water partition coefficient (Wildman–Crippen LogP) is 2.15. The van der Waals surface area contributed by atoms with Crippen LogP contribution in [0.3, 0.4) is 0 Å². The highest BCUT2D eigenvalue weighted by atomic mass is 16.3. The van der Waals surface area contributed by atoms with Crippen LogP contribution in [0.1, 0.15) is 48.3 Å². The smallest absolute Gasteiger partial charge is 0.0864 e. The van der Waals surface area contributed by atoms with Crippen molar-refractivity contribution in [2.45, 2.75) is 53.2 Å². The Morgan fingerprint density at radius 3 is 2.60 bits per heavy atom. The first-order chi connectivity index (χ1) is 9.55. The molecule has 0 spiro atoms. The molecule has 0 aliphatic heterocycles. The van der Waals surface area contributed by atoms with Gasteiger partial charge in [-0.2, -0.15) is 15.3 Å². The second kappa shape index (κ2) is 6.13. The second-order valence-corrected chi connectivity index (χ2v) is 5.04. The third-order valence-electron chi connectivity index (χ3n) is 3.48. The molecule has 2 aromatic rings. The molecular formula is C15H22N4O. The Labute approximate surface area is 119 Å². The highest BCUT2D eigenvalue weighted by Crippen LogP contribution is 2.21. The Bertz CT molecular complexity index is 592. The van der Waals surface area contributed by atoms with Crippen LogP contribution in [0.4, 0.5) is 0 Å². The summed E-state index contributed by atoms with van der Waals surface area (Å²) in [5.41, 5.74) is 4.57. The van der Waals surface area contributed by atoms with Crippen molar-refractivity contribution in [1.29, 1.82) is 0 Å². The van der Waals surface area contributed by atoms with Gasteiger partial charge >= 0.3 is 0 Å². The van der Waals surface area contributed by atoms with Crippen molar-refractivity contribution < 1.29 is 5.11 Å². The van der Waals surface area contributed by atoms with Gasteiger partial charge in [-0.25, -0.2) is 0 Å². The van der Waals surface area contributed by atoms with Gasteiger partial charge in [0.2, 0.25) is 0 Å². The van der Waals surface area contributed by atoms with Gasteiger partial charge < -0.3 is 5.11 Å². The zero-order valence-corrected chi connectivity index (χ0v) is 12.6. The number of aliphatic hydroxyl groups excluding tert-OH is 1. The van der Waals surface area contributed by atoms with Gasteiger partial charge in [0.15, 0.2) is 0 Å². The van der Waals surface area contributed by atoms with Crippen LogP contribution in [0.15, 0.2) is 12.1 Å². The van der Waals surface area contributed by atoms with Crippen molar-refractivity contribution in [3.05, 3.63) is 40.5 Å². The van der Waals surface area contributed by atoms with E-state index in [9.17, 15) is 5.11 Å². The van der Waals surface area contributed by atoms with Crippen LogP contribution in [0.25, 0.3) is 0 Å². The molecule has 0 aliphatic rings. The molecule has 0 aromatic carbocycles. The van der Waals surface area contributed by atoms with E-state index < -0.39 is 6.10 Å². The van der Waals surface area contributed by atoms with E-state index in [1.807, 2.05) is 24.6 Å².